The minimum atomic E-state index is -0.638. The number of aromatic amines is 1. The van der Waals surface area contributed by atoms with Crippen LogP contribution in [0.4, 0.5) is 0 Å². The van der Waals surface area contributed by atoms with Gasteiger partial charge in [-0.15, -0.1) is 0 Å². The molecule has 27 heavy (non-hydrogen) atoms. The number of carbonyl (C=O) groups excluding carboxylic acids is 2. The number of esters is 1. The molecule has 0 atom stereocenters. The minimum absolute atomic E-state index is 0.230. The zero-order valence-electron chi connectivity index (χ0n) is 14.6. The molecular weight excluding hydrogens is 344 g/mol. The van der Waals surface area contributed by atoms with E-state index in [0.29, 0.717) is 17.0 Å². The average Bonchev–Trinajstić information content (AvgIpc) is 3.30. The van der Waals surface area contributed by atoms with Crippen LogP contribution in [0.2, 0.25) is 0 Å². The SMILES string of the molecule is Cc1onc(-c2ccccc2)c1C(=O)OCC(=O)c1c[nH]c2ccccc12. The van der Waals surface area contributed by atoms with Gasteiger partial charge >= 0.3 is 5.97 Å². The molecule has 0 saturated heterocycles. The van der Waals surface area contributed by atoms with Crippen LogP contribution in [0.1, 0.15) is 26.5 Å². The number of hydrogen-bond acceptors (Lipinski definition) is 5. The summed E-state index contributed by atoms with van der Waals surface area (Å²) in [4.78, 5) is 28.1. The number of aryl methyl sites for hydroxylation is 1. The van der Waals surface area contributed by atoms with E-state index in [-0.39, 0.29) is 18.0 Å². The van der Waals surface area contributed by atoms with Gasteiger partial charge in [-0.25, -0.2) is 4.79 Å². The van der Waals surface area contributed by atoms with Gasteiger partial charge in [-0.1, -0.05) is 53.7 Å². The maximum Gasteiger partial charge on any atom is 0.344 e. The summed E-state index contributed by atoms with van der Waals surface area (Å²) in [5.41, 5.74) is 2.71. The number of rotatable bonds is 5. The first kappa shape index (κ1) is 16.8. The van der Waals surface area contributed by atoms with Crippen LogP contribution in [0.3, 0.4) is 0 Å². The van der Waals surface area contributed by atoms with Crippen molar-refractivity contribution in [1.29, 1.82) is 0 Å². The molecule has 4 rings (SSSR count). The molecule has 2 aromatic heterocycles. The maximum atomic E-state index is 12.6. The van der Waals surface area contributed by atoms with Crippen molar-refractivity contribution in [3.8, 4) is 11.3 Å². The van der Waals surface area contributed by atoms with Crippen LogP contribution in [0.25, 0.3) is 22.2 Å². The number of nitrogens with zero attached hydrogens (tertiary/aromatic N) is 1. The van der Waals surface area contributed by atoms with Gasteiger partial charge in [0.2, 0.25) is 5.78 Å². The Bertz CT molecular complexity index is 1130. The summed E-state index contributed by atoms with van der Waals surface area (Å²) in [6, 6.07) is 16.7. The van der Waals surface area contributed by atoms with Gasteiger partial charge in [-0.3, -0.25) is 4.79 Å². The van der Waals surface area contributed by atoms with Gasteiger partial charge in [0, 0.05) is 28.2 Å². The van der Waals surface area contributed by atoms with Crippen molar-refractivity contribution >= 4 is 22.7 Å². The molecule has 0 bridgehead atoms. The van der Waals surface area contributed by atoms with Crippen molar-refractivity contribution in [3.63, 3.8) is 0 Å². The summed E-state index contributed by atoms with van der Waals surface area (Å²) in [6.45, 7) is 1.27. The molecule has 0 spiro atoms. The van der Waals surface area contributed by atoms with Crippen molar-refractivity contribution in [2.45, 2.75) is 6.92 Å². The number of para-hydroxylation sites is 1. The molecule has 6 nitrogen and oxygen atoms in total. The summed E-state index contributed by atoms with van der Waals surface area (Å²) in [6.07, 6.45) is 1.63. The Morgan fingerprint density at radius 3 is 2.63 bits per heavy atom. The Hall–Kier alpha value is -3.67. The number of carbonyl (C=O) groups is 2. The van der Waals surface area contributed by atoms with E-state index in [1.54, 1.807) is 13.1 Å². The van der Waals surface area contributed by atoms with E-state index in [2.05, 4.69) is 10.1 Å². The van der Waals surface area contributed by atoms with Crippen LogP contribution in [0.5, 0.6) is 0 Å². The summed E-state index contributed by atoms with van der Waals surface area (Å²) in [7, 11) is 0. The minimum Gasteiger partial charge on any atom is -0.454 e. The highest BCUT2D eigenvalue weighted by molar-refractivity contribution is 6.09. The number of ketones is 1. The van der Waals surface area contributed by atoms with E-state index in [0.717, 1.165) is 16.5 Å². The Labute approximate surface area is 154 Å². The van der Waals surface area contributed by atoms with Gasteiger partial charge in [0.1, 0.15) is 17.0 Å². The van der Waals surface area contributed by atoms with E-state index in [4.69, 9.17) is 9.26 Å². The molecule has 0 amide bonds. The zero-order valence-corrected chi connectivity index (χ0v) is 14.6. The largest absolute Gasteiger partial charge is 0.454 e. The van der Waals surface area contributed by atoms with Crippen LogP contribution in [0, 0.1) is 6.92 Å². The first-order valence-electron chi connectivity index (χ1n) is 8.43. The molecule has 0 radical (unpaired) electrons. The smallest absolute Gasteiger partial charge is 0.344 e. The second kappa shape index (κ2) is 6.92. The van der Waals surface area contributed by atoms with Gasteiger partial charge in [0.05, 0.1) is 0 Å². The summed E-state index contributed by atoms with van der Waals surface area (Å²) < 4.78 is 10.4. The third-order valence-electron chi connectivity index (χ3n) is 4.34. The molecule has 2 heterocycles. The normalized spacial score (nSPS) is 10.9. The highest BCUT2D eigenvalue weighted by Crippen LogP contribution is 2.26. The maximum absolute atomic E-state index is 12.6. The number of H-pyrrole nitrogens is 1. The topological polar surface area (TPSA) is 85.2 Å². The number of hydrogen-bond donors (Lipinski definition) is 1. The zero-order chi connectivity index (χ0) is 18.8. The molecule has 134 valence electrons. The Kier molecular flexibility index (Phi) is 4.30. The van der Waals surface area contributed by atoms with Gasteiger partial charge < -0.3 is 14.2 Å². The molecule has 0 aliphatic carbocycles. The lowest BCUT2D eigenvalue weighted by Crippen LogP contribution is -2.15. The summed E-state index contributed by atoms with van der Waals surface area (Å²) in [5.74, 6) is -0.574. The summed E-state index contributed by atoms with van der Waals surface area (Å²) >= 11 is 0. The van der Waals surface area contributed by atoms with E-state index >= 15 is 0 Å². The fourth-order valence-corrected chi connectivity index (χ4v) is 2.99. The lowest BCUT2D eigenvalue weighted by atomic mass is 10.1. The molecule has 4 aromatic rings. The molecule has 6 heteroatoms. The highest BCUT2D eigenvalue weighted by Gasteiger charge is 2.24. The first-order chi connectivity index (χ1) is 13.1. The average molecular weight is 360 g/mol. The standard InChI is InChI=1S/C21H16N2O4/c1-13-19(20(23-27-13)14-7-3-2-4-8-14)21(25)26-12-18(24)16-11-22-17-10-6-5-9-15(16)17/h2-11,22H,12H2,1H3. The van der Waals surface area contributed by atoms with E-state index in [1.807, 2.05) is 54.6 Å². The van der Waals surface area contributed by atoms with Crippen molar-refractivity contribution < 1.29 is 18.8 Å². The number of ether oxygens (including phenoxy) is 1. The van der Waals surface area contributed by atoms with Crippen LogP contribution in [-0.4, -0.2) is 28.5 Å². The third kappa shape index (κ3) is 3.13. The van der Waals surface area contributed by atoms with Crippen LogP contribution in [0.15, 0.2) is 65.3 Å². The fraction of sp³-hybridized carbons (Fsp3) is 0.0952. The first-order valence-corrected chi connectivity index (χ1v) is 8.43. The van der Waals surface area contributed by atoms with Gasteiger partial charge in [-0.2, -0.15) is 0 Å². The molecule has 1 N–H and O–H groups in total. The number of fused-ring (bicyclic) bond motifs is 1. The predicted molar refractivity (Wildman–Crippen MR) is 99.6 cm³/mol. The Morgan fingerprint density at radius 1 is 1.07 bits per heavy atom. The third-order valence-corrected chi connectivity index (χ3v) is 4.34. The number of aromatic nitrogens is 2. The van der Waals surface area contributed by atoms with Crippen LogP contribution >= 0.6 is 0 Å². The quantitative estimate of drug-likeness (QED) is 0.426. The molecule has 2 aromatic carbocycles. The number of Topliss-reactive ketones (excluding diaryl/α,β-unsaturated/α-hetero) is 1. The lowest BCUT2D eigenvalue weighted by Gasteiger charge is -2.05. The molecular formula is C21H16N2O4. The number of nitrogens with one attached hydrogen (secondary N) is 1. The van der Waals surface area contributed by atoms with E-state index in [9.17, 15) is 9.59 Å². The second-order valence-electron chi connectivity index (χ2n) is 6.08. The van der Waals surface area contributed by atoms with Crippen molar-refractivity contribution in [2.24, 2.45) is 0 Å². The van der Waals surface area contributed by atoms with Crippen molar-refractivity contribution in [2.75, 3.05) is 6.61 Å². The van der Waals surface area contributed by atoms with Gasteiger partial charge in [0.15, 0.2) is 6.61 Å². The molecule has 0 saturated carbocycles. The Morgan fingerprint density at radius 2 is 1.81 bits per heavy atom. The van der Waals surface area contributed by atoms with Gasteiger partial charge in [-0.05, 0) is 13.0 Å². The van der Waals surface area contributed by atoms with Crippen LogP contribution in [-0.2, 0) is 4.74 Å². The lowest BCUT2D eigenvalue weighted by molar-refractivity contribution is 0.0474. The Balaban J connectivity index is 1.54. The molecule has 0 aliphatic rings. The monoisotopic (exact) mass is 360 g/mol. The van der Waals surface area contributed by atoms with Crippen LogP contribution < -0.4 is 0 Å². The fourth-order valence-electron chi connectivity index (χ4n) is 2.99. The van der Waals surface area contributed by atoms with Crippen molar-refractivity contribution in [1.82, 2.24) is 10.1 Å². The second-order valence-corrected chi connectivity index (χ2v) is 6.08. The van der Waals surface area contributed by atoms with E-state index < -0.39 is 5.97 Å². The molecule has 0 fully saturated rings. The number of benzene rings is 2. The molecule has 0 aliphatic heterocycles. The summed E-state index contributed by atoms with van der Waals surface area (Å²) in [5, 5.41) is 4.76. The van der Waals surface area contributed by atoms with Crippen molar-refractivity contribution in [3.05, 3.63) is 77.7 Å². The highest BCUT2D eigenvalue weighted by atomic mass is 16.5. The predicted octanol–water partition coefficient (Wildman–Crippen LogP) is 4.17. The van der Waals surface area contributed by atoms with E-state index in [1.165, 1.54) is 0 Å². The van der Waals surface area contributed by atoms with Gasteiger partial charge in [0.25, 0.3) is 0 Å². The molecule has 0 unspecified atom stereocenters.